The van der Waals surface area contributed by atoms with Crippen molar-refractivity contribution in [1.82, 2.24) is 9.97 Å². The molecule has 102 valence electrons. The van der Waals surface area contributed by atoms with Crippen molar-refractivity contribution in [3.8, 4) is 0 Å². The molecule has 0 aliphatic rings. The molecule has 20 heavy (non-hydrogen) atoms. The van der Waals surface area contributed by atoms with Crippen LogP contribution in [0.3, 0.4) is 0 Å². The average Bonchev–Trinajstić information content (AvgIpc) is 2.91. The zero-order valence-electron chi connectivity index (χ0n) is 10.7. The van der Waals surface area contributed by atoms with Gasteiger partial charge in [-0.2, -0.15) is 0 Å². The minimum absolute atomic E-state index is 0.570. The smallest absolute Gasteiger partial charge is 0.140 e. The van der Waals surface area contributed by atoms with Gasteiger partial charge in [0.25, 0.3) is 0 Å². The molecule has 3 aromatic rings. The number of anilines is 1. The Hall–Kier alpha value is -1.36. The molecular formula is C14H11Cl2N3S. The summed E-state index contributed by atoms with van der Waals surface area (Å²) < 4.78 is 0. The normalized spacial score (nSPS) is 10.9. The Balaban J connectivity index is 1.90. The maximum Gasteiger partial charge on any atom is 0.140 e. The van der Waals surface area contributed by atoms with Crippen molar-refractivity contribution in [2.45, 2.75) is 6.54 Å². The molecule has 0 N–H and O–H groups in total. The summed E-state index contributed by atoms with van der Waals surface area (Å²) in [4.78, 5) is 11.7. The van der Waals surface area contributed by atoms with E-state index in [4.69, 9.17) is 23.2 Å². The van der Waals surface area contributed by atoms with Crippen molar-refractivity contribution in [3.63, 3.8) is 0 Å². The van der Waals surface area contributed by atoms with Crippen molar-refractivity contribution in [2.75, 3.05) is 11.9 Å². The van der Waals surface area contributed by atoms with Gasteiger partial charge in [0.2, 0.25) is 0 Å². The van der Waals surface area contributed by atoms with Gasteiger partial charge >= 0.3 is 0 Å². The monoisotopic (exact) mass is 323 g/mol. The van der Waals surface area contributed by atoms with E-state index in [1.807, 2.05) is 36.7 Å². The van der Waals surface area contributed by atoms with Crippen LogP contribution >= 0.6 is 34.5 Å². The maximum atomic E-state index is 6.05. The lowest BCUT2D eigenvalue weighted by molar-refractivity contribution is 0.901. The summed E-state index contributed by atoms with van der Waals surface area (Å²) in [7, 11) is 2.00. The standard InChI is InChI=1S/C14H11Cl2N3S/c1-19(7-9-2-3-11(15)12(16)6-9)13-10-4-5-20-14(10)18-8-17-13/h2-6,8H,7H2,1H3. The number of rotatable bonds is 3. The largest absolute Gasteiger partial charge is 0.355 e. The van der Waals surface area contributed by atoms with E-state index in [9.17, 15) is 0 Å². The lowest BCUT2D eigenvalue weighted by Gasteiger charge is -2.19. The van der Waals surface area contributed by atoms with Crippen LogP contribution in [0.25, 0.3) is 10.2 Å². The van der Waals surface area contributed by atoms with Crippen LogP contribution in [0, 0.1) is 0 Å². The zero-order valence-corrected chi connectivity index (χ0v) is 13.0. The van der Waals surface area contributed by atoms with Crippen molar-refractivity contribution in [2.24, 2.45) is 0 Å². The summed E-state index contributed by atoms with van der Waals surface area (Å²) >= 11 is 13.6. The van der Waals surface area contributed by atoms with Gasteiger partial charge in [0.05, 0.1) is 15.4 Å². The maximum absolute atomic E-state index is 6.05. The predicted octanol–water partition coefficient (Wildman–Crippen LogP) is 4.63. The highest BCUT2D eigenvalue weighted by molar-refractivity contribution is 7.16. The molecule has 0 atom stereocenters. The number of hydrogen-bond acceptors (Lipinski definition) is 4. The zero-order chi connectivity index (χ0) is 14.1. The molecule has 0 bridgehead atoms. The van der Waals surface area contributed by atoms with E-state index in [1.165, 1.54) is 0 Å². The first-order valence-electron chi connectivity index (χ1n) is 5.98. The molecule has 0 fully saturated rings. The fourth-order valence-electron chi connectivity index (χ4n) is 2.07. The van der Waals surface area contributed by atoms with Gasteiger partial charge in [-0.1, -0.05) is 29.3 Å². The van der Waals surface area contributed by atoms with Crippen LogP contribution in [0.4, 0.5) is 5.82 Å². The first-order valence-corrected chi connectivity index (χ1v) is 7.62. The minimum Gasteiger partial charge on any atom is -0.355 e. The van der Waals surface area contributed by atoms with E-state index in [2.05, 4.69) is 14.9 Å². The third-order valence-corrected chi connectivity index (χ3v) is 4.57. The number of hydrogen-bond donors (Lipinski definition) is 0. The molecule has 1 aromatic carbocycles. The SMILES string of the molecule is CN(Cc1ccc(Cl)c(Cl)c1)c1ncnc2sccc12. The van der Waals surface area contributed by atoms with Crippen molar-refractivity contribution in [1.29, 1.82) is 0 Å². The molecule has 3 rings (SSSR count). The van der Waals surface area contributed by atoms with E-state index in [0.29, 0.717) is 16.6 Å². The molecule has 0 unspecified atom stereocenters. The molecule has 0 radical (unpaired) electrons. The van der Waals surface area contributed by atoms with Crippen molar-refractivity contribution < 1.29 is 0 Å². The number of aromatic nitrogens is 2. The molecule has 2 heterocycles. The average molecular weight is 324 g/mol. The van der Waals surface area contributed by atoms with E-state index in [-0.39, 0.29) is 0 Å². The Bertz CT molecular complexity index is 757. The first kappa shape index (κ1) is 13.6. The van der Waals surface area contributed by atoms with Crippen LogP contribution in [-0.4, -0.2) is 17.0 Å². The predicted molar refractivity (Wildman–Crippen MR) is 86.0 cm³/mol. The molecule has 2 aromatic heterocycles. The highest BCUT2D eigenvalue weighted by Gasteiger charge is 2.10. The molecule has 0 amide bonds. The Kier molecular flexibility index (Phi) is 3.78. The van der Waals surface area contributed by atoms with E-state index in [1.54, 1.807) is 17.7 Å². The number of halogens is 2. The lowest BCUT2D eigenvalue weighted by atomic mass is 10.2. The van der Waals surface area contributed by atoms with Gasteiger partial charge in [-0.3, -0.25) is 0 Å². The number of fused-ring (bicyclic) bond motifs is 1. The fraction of sp³-hybridized carbons (Fsp3) is 0.143. The summed E-state index contributed by atoms with van der Waals surface area (Å²) in [6.07, 6.45) is 1.60. The summed E-state index contributed by atoms with van der Waals surface area (Å²) in [5.74, 6) is 0.919. The molecule has 0 saturated carbocycles. The molecule has 6 heteroatoms. The molecule has 0 aliphatic heterocycles. The number of thiophene rings is 1. The van der Waals surface area contributed by atoms with E-state index >= 15 is 0 Å². The third-order valence-electron chi connectivity index (χ3n) is 3.01. The van der Waals surface area contributed by atoms with Crippen LogP contribution in [0.5, 0.6) is 0 Å². The Labute approximate surface area is 130 Å². The van der Waals surface area contributed by atoms with E-state index < -0.39 is 0 Å². The summed E-state index contributed by atoms with van der Waals surface area (Å²) in [5.41, 5.74) is 1.09. The van der Waals surface area contributed by atoms with Crippen molar-refractivity contribution >= 4 is 50.6 Å². The second-order valence-corrected chi connectivity index (χ2v) is 6.15. The second-order valence-electron chi connectivity index (χ2n) is 4.44. The van der Waals surface area contributed by atoms with Crippen LogP contribution in [0.2, 0.25) is 10.0 Å². The highest BCUT2D eigenvalue weighted by Crippen LogP contribution is 2.28. The molecular weight excluding hydrogens is 313 g/mol. The minimum atomic E-state index is 0.570. The Morgan fingerprint density at radius 1 is 1.15 bits per heavy atom. The van der Waals surface area contributed by atoms with Crippen LogP contribution in [-0.2, 0) is 6.54 Å². The summed E-state index contributed by atoms with van der Waals surface area (Å²) in [6, 6.07) is 7.71. The quantitative estimate of drug-likeness (QED) is 0.703. The Morgan fingerprint density at radius 3 is 2.80 bits per heavy atom. The summed E-state index contributed by atoms with van der Waals surface area (Å²) in [5, 5.41) is 4.23. The van der Waals surface area contributed by atoms with Gasteiger partial charge in [0.1, 0.15) is 17.0 Å². The third kappa shape index (κ3) is 2.59. The van der Waals surface area contributed by atoms with Crippen LogP contribution < -0.4 is 4.90 Å². The molecule has 0 aliphatic carbocycles. The van der Waals surface area contributed by atoms with Crippen LogP contribution in [0.15, 0.2) is 36.0 Å². The van der Waals surface area contributed by atoms with Gasteiger partial charge in [0, 0.05) is 13.6 Å². The summed E-state index contributed by atoms with van der Waals surface area (Å²) in [6.45, 7) is 0.707. The molecule has 0 spiro atoms. The second kappa shape index (κ2) is 5.56. The topological polar surface area (TPSA) is 29.0 Å². The van der Waals surface area contributed by atoms with Gasteiger partial charge in [-0.25, -0.2) is 9.97 Å². The number of benzene rings is 1. The highest BCUT2D eigenvalue weighted by atomic mass is 35.5. The first-order chi connectivity index (χ1) is 9.65. The van der Waals surface area contributed by atoms with Gasteiger partial charge in [-0.05, 0) is 29.1 Å². The van der Waals surface area contributed by atoms with Crippen LogP contribution in [0.1, 0.15) is 5.56 Å². The lowest BCUT2D eigenvalue weighted by Crippen LogP contribution is -2.17. The van der Waals surface area contributed by atoms with Gasteiger partial charge in [-0.15, -0.1) is 11.3 Å². The van der Waals surface area contributed by atoms with Crippen molar-refractivity contribution in [3.05, 3.63) is 51.6 Å². The fourth-order valence-corrected chi connectivity index (χ4v) is 3.12. The van der Waals surface area contributed by atoms with E-state index in [0.717, 1.165) is 21.6 Å². The van der Waals surface area contributed by atoms with Gasteiger partial charge < -0.3 is 4.90 Å². The van der Waals surface area contributed by atoms with Gasteiger partial charge in [0.15, 0.2) is 0 Å². The molecule has 0 saturated heterocycles. The number of nitrogens with zero attached hydrogens (tertiary/aromatic N) is 3. The Morgan fingerprint density at radius 2 is 2.00 bits per heavy atom. The molecule has 3 nitrogen and oxygen atoms in total.